The molecule has 0 bridgehead atoms. The zero-order chi connectivity index (χ0) is 28.6. The summed E-state index contributed by atoms with van der Waals surface area (Å²) in [5, 5.41) is 15.9. The number of halogens is 4. The number of benzene rings is 2. The van der Waals surface area contributed by atoms with E-state index < -0.39 is 5.60 Å². The lowest BCUT2D eigenvalue weighted by molar-refractivity contribution is -0.152. The van der Waals surface area contributed by atoms with E-state index in [-0.39, 0.29) is 31.4 Å². The van der Waals surface area contributed by atoms with Crippen LogP contribution in [0.15, 0.2) is 30.3 Å². The van der Waals surface area contributed by atoms with Crippen molar-refractivity contribution in [1.29, 1.82) is 0 Å². The molecule has 3 aliphatic rings. The van der Waals surface area contributed by atoms with Gasteiger partial charge in [-0.25, -0.2) is 0 Å². The summed E-state index contributed by atoms with van der Waals surface area (Å²) in [7, 11) is 0. The van der Waals surface area contributed by atoms with Gasteiger partial charge in [-0.15, -0.1) is 0 Å². The van der Waals surface area contributed by atoms with Crippen molar-refractivity contribution in [3.63, 3.8) is 0 Å². The summed E-state index contributed by atoms with van der Waals surface area (Å²) in [4.78, 5) is 31.9. The predicted molar refractivity (Wildman–Crippen MR) is 168 cm³/mol. The van der Waals surface area contributed by atoms with Gasteiger partial charge in [0.25, 0.3) is 11.8 Å². The molecule has 41 heavy (non-hydrogen) atoms. The first kappa shape index (κ1) is 32.5. The van der Waals surface area contributed by atoms with Crippen LogP contribution in [0.25, 0.3) is 0 Å². The summed E-state index contributed by atoms with van der Waals surface area (Å²) in [5.74, 6) is -0.552. The Labute approximate surface area is 267 Å². The standard InChI is InChI=1S/C28H32Cl4N4O4.H2S/c1-28(39,21-12-17(29)2-3-22(21)30)27(38)35-6-4-20(5-7-35)36-15-19(16-36)33-18-13-23(31)25(24(32)14-18)26(37)34-8-10-40-11-9-34;/h2-3,12-14,19-20,33,39H,4-11,15-16H2,1H3;1H2/t28-;/m0./s1. The average molecular weight is 664 g/mol. The first-order valence-corrected chi connectivity index (χ1v) is 14.9. The van der Waals surface area contributed by atoms with Gasteiger partial charge in [0.05, 0.1) is 34.9 Å². The molecule has 3 heterocycles. The highest BCUT2D eigenvalue weighted by atomic mass is 35.5. The SMILES string of the molecule is C[C@@](O)(C(=O)N1CCC(N2CC(Nc3cc(Cl)c(C(=O)N4CCOCC4)c(Cl)c3)C2)CC1)c1cc(Cl)ccc1Cl.S. The minimum absolute atomic E-state index is 0. The van der Waals surface area contributed by atoms with E-state index in [1.807, 2.05) is 0 Å². The Morgan fingerprint density at radius 3 is 2.15 bits per heavy atom. The molecule has 0 aliphatic carbocycles. The third kappa shape index (κ3) is 7.04. The Balaban J connectivity index is 0.00000387. The van der Waals surface area contributed by atoms with Crippen molar-refractivity contribution in [2.24, 2.45) is 0 Å². The fourth-order valence-electron chi connectivity index (χ4n) is 5.65. The topological polar surface area (TPSA) is 85.3 Å². The summed E-state index contributed by atoms with van der Waals surface area (Å²) >= 11 is 25.3. The molecule has 2 amide bonds. The lowest BCUT2D eigenvalue weighted by Gasteiger charge is -2.48. The van der Waals surface area contributed by atoms with Crippen LogP contribution < -0.4 is 5.32 Å². The van der Waals surface area contributed by atoms with Gasteiger partial charge in [0, 0.05) is 66.6 Å². The van der Waals surface area contributed by atoms with Gasteiger partial charge in [-0.1, -0.05) is 46.4 Å². The summed E-state index contributed by atoms with van der Waals surface area (Å²) in [6.45, 7) is 6.31. The van der Waals surface area contributed by atoms with Gasteiger partial charge in [0.1, 0.15) is 0 Å². The molecule has 13 heteroatoms. The zero-order valence-corrected chi connectivity index (χ0v) is 26.7. The molecule has 5 rings (SSSR count). The molecule has 1 atom stereocenters. The van der Waals surface area contributed by atoms with Crippen molar-refractivity contribution in [2.75, 3.05) is 57.8 Å². The van der Waals surface area contributed by atoms with E-state index in [1.165, 1.54) is 13.0 Å². The highest BCUT2D eigenvalue weighted by Crippen LogP contribution is 2.34. The summed E-state index contributed by atoms with van der Waals surface area (Å²) in [5.41, 5.74) is -0.348. The Morgan fingerprint density at radius 2 is 1.54 bits per heavy atom. The molecule has 0 saturated carbocycles. The van der Waals surface area contributed by atoms with Crippen LogP contribution in [0.3, 0.4) is 0 Å². The maximum absolute atomic E-state index is 13.2. The second kappa shape index (κ2) is 13.5. The van der Waals surface area contributed by atoms with Crippen molar-refractivity contribution >= 4 is 77.4 Å². The molecule has 0 aromatic heterocycles. The second-order valence-electron chi connectivity index (χ2n) is 10.7. The molecular weight excluding hydrogens is 630 g/mol. The maximum atomic E-state index is 13.2. The number of morpholine rings is 1. The first-order valence-electron chi connectivity index (χ1n) is 13.4. The number of piperidine rings is 1. The summed E-state index contributed by atoms with van der Waals surface area (Å²) in [6.07, 6.45) is 1.63. The van der Waals surface area contributed by atoms with E-state index in [4.69, 9.17) is 51.1 Å². The van der Waals surface area contributed by atoms with Crippen molar-refractivity contribution in [3.8, 4) is 0 Å². The molecular formula is C28H34Cl4N4O4S. The number of hydrogen-bond donors (Lipinski definition) is 2. The fraction of sp³-hybridized carbons (Fsp3) is 0.500. The number of rotatable bonds is 6. The third-order valence-corrected chi connectivity index (χ3v) is 9.13. The Kier molecular flexibility index (Phi) is 10.7. The molecule has 3 saturated heterocycles. The number of carbonyl (C=O) groups is 2. The van der Waals surface area contributed by atoms with Gasteiger partial charge in [0.2, 0.25) is 0 Å². The van der Waals surface area contributed by atoms with E-state index in [0.717, 1.165) is 31.6 Å². The fourth-order valence-corrected chi connectivity index (χ4v) is 6.77. The molecule has 8 nitrogen and oxygen atoms in total. The van der Waals surface area contributed by atoms with Crippen LogP contribution in [-0.2, 0) is 15.1 Å². The van der Waals surface area contributed by atoms with E-state index in [9.17, 15) is 14.7 Å². The normalized spacial score (nSPS) is 20.1. The highest BCUT2D eigenvalue weighted by molar-refractivity contribution is 7.59. The number of likely N-dealkylation sites (tertiary alicyclic amines) is 2. The quantitative estimate of drug-likeness (QED) is 0.459. The van der Waals surface area contributed by atoms with Gasteiger partial charge in [0.15, 0.2) is 5.60 Å². The molecule has 0 unspecified atom stereocenters. The number of amides is 2. The van der Waals surface area contributed by atoms with Crippen LogP contribution in [-0.4, -0.2) is 96.2 Å². The number of anilines is 1. The van der Waals surface area contributed by atoms with Gasteiger partial charge >= 0.3 is 0 Å². The van der Waals surface area contributed by atoms with Gasteiger partial charge in [-0.2, -0.15) is 13.5 Å². The van der Waals surface area contributed by atoms with Gasteiger partial charge in [-0.05, 0) is 50.1 Å². The van der Waals surface area contributed by atoms with E-state index >= 15 is 0 Å². The molecule has 0 radical (unpaired) electrons. The highest BCUT2D eigenvalue weighted by Gasteiger charge is 2.41. The van der Waals surface area contributed by atoms with Crippen LogP contribution in [0, 0.1) is 0 Å². The van der Waals surface area contributed by atoms with Crippen LogP contribution in [0.1, 0.15) is 35.7 Å². The minimum Gasteiger partial charge on any atom is -0.380 e. The van der Waals surface area contributed by atoms with E-state index in [0.29, 0.717) is 76.7 Å². The van der Waals surface area contributed by atoms with Crippen LogP contribution >= 0.6 is 59.9 Å². The largest absolute Gasteiger partial charge is 0.380 e. The Bertz CT molecular complexity index is 1260. The van der Waals surface area contributed by atoms with Crippen LogP contribution in [0.5, 0.6) is 0 Å². The monoisotopic (exact) mass is 662 g/mol. The molecule has 2 N–H and O–H groups in total. The Morgan fingerprint density at radius 1 is 0.927 bits per heavy atom. The van der Waals surface area contributed by atoms with Gasteiger partial charge in [-0.3, -0.25) is 14.5 Å². The number of hydrogen-bond acceptors (Lipinski definition) is 6. The predicted octanol–water partition coefficient (Wildman–Crippen LogP) is 4.88. The molecule has 224 valence electrons. The molecule has 2 aromatic rings. The maximum Gasteiger partial charge on any atom is 0.258 e. The molecule has 2 aromatic carbocycles. The molecule has 3 fully saturated rings. The van der Waals surface area contributed by atoms with E-state index in [1.54, 1.807) is 34.1 Å². The number of nitrogens with one attached hydrogen (secondary N) is 1. The Hall–Kier alpha value is -1.43. The number of aliphatic hydroxyl groups is 1. The lowest BCUT2D eigenvalue weighted by Crippen LogP contribution is -2.61. The second-order valence-corrected chi connectivity index (χ2v) is 12.4. The van der Waals surface area contributed by atoms with Crippen LogP contribution in [0.2, 0.25) is 20.1 Å². The third-order valence-electron chi connectivity index (χ3n) is 7.97. The van der Waals surface area contributed by atoms with Crippen LogP contribution in [0.4, 0.5) is 5.69 Å². The van der Waals surface area contributed by atoms with E-state index in [2.05, 4.69) is 10.2 Å². The smallest absolute Gasteiger partial charge is 0.258 e. The molecule has 0 spiro atoms. The number of nitrogens with zero attached hydrogens (tertiary/aromatic N) is 3. The van der Waals surface area contributed by atoms with Gasteiger partial charge < -0.3 is 25.0 Å². The average Bonchev–Trinajstić information content (AvgIpc) is 2.91. The van der Waals surface area contributed by atoms with Crippen molar-refractivity contribution in [3.05, 3.63) is 61.5 Å². The van der Waals surface area contributed by atoms with Crippen molar-refractivity contribution in [1.82, 2.24) is 14.7 Å². The minimum atomic E-state index is -1.76. The number of carbonyl (C=O) groups excluding carboxylic acids is 2. The number of ether oxygens (including phenoxy) is 1. The summed E-state index contributed by atoms with van der Waals surface area (Å²) in [6, 6.07) is 8.83. The zero-order valence-electron chi connectivity index (χ0n) is 22.6. The summed E-state index contributed by atoms with van der Waals surface area (Å²) < 4.78 is 5.32. The van der Waals surface area contributed by atoms with Crippen molar-refractivity contribution < 1.29 is 19.4 Å². The lowest BCUT2D eigenvalue weighted by atomic mass is 9.92. The van der Waals surface area contributed by atoms with Crippen molar-refractivity contribution in [2.45, 2.75) is 37.5 Å². The first-order chi connectivity index (χ1) is 19.0. The molecule has 3 aliphatic heterocycles.